The van der Waals surface area contributed by atoms with Gasteiger partial charge < -0.3 is 15.0 Å². The third kappa shape index (κ3) is 5.40. The summed E-state index contributed by atoms with van der Waals surface area (Å²) in [4.78, 5) is 32.2. The van der Waals surface area contributed by atoms with Gasteiger partial charge in [-0.15, -0.1) is 11.3 Å². The van der Waals surface area contributed by atoms with E-state index in [4.69, 9.17) is 4.74 Å². The van der Waals surface area contributed by atoms with Crippen LogP contribution < -0.4 is 10.1 Å². The number of anilines is 1. The van der Waals surface area contributed by atoms with Gasteiger partial charge in [0.15, 0.2) is 0 Å². The molecule has 1 saturated heterocycles. The summed E-state index contributed by atoms with van der Waals surface area (Å²) in [5, 5.41) is 10.2. The van der Waals surface area contributed by atoms with Crippen LogP contribution >= 0.6 is 11.3 Å². The molecule has 2 fully saturated rings. The van der Waals surface area contributed by atoms with Crippen molar-refractivity contribution >= 4 is 29.0 Å². The molecule has 3 aromatic rings. The summed E-state index contributed by atoms with van der Waals surface area (Å²) in [5.41, 5.74) is 2.15. The summed E-state index contributed by atoms with van der Waals surface area (Å²) in [6.07, 6.45) is 4.11. The van der Waals surface area contributed by atoms with Gasteiger partial charge in [0.05, 0.1) is 16.8 Å². The largest absolute Gasteiger partial charge is 0.491 e. The molecule has 2 amide bonds. The summed E-state index contributed by atoms with van der Waals surface area (Å²) >= 11 is 1.52. The molecule has 0 spiro atoms. The van der Waals surface area contributed by atoms with Crippen LogP contribution in [0, 0.1) is 0 Å². The monoisotopic (exact) mass is 493 g/mol. The van der Waals surface area contributed by atoms with Crippen molar-refractivity contribution in [1.82, 2.24) is 19.7 Å². The van der Waals surface area contributed by atoms with Gasteiger partial charge in [0.1, 0.15) is 17.3 Å². The Morgan fingerprint density at radius 3 is 2.46 bits per heavy atom. The predicted molar refractivity (Wildman–Crippen MR) is 135 cm³/mol. The summed E-state index contributed by atoms with van der Waals surface area (Å²) in [6.45, 7) is 5.31. The first-order chi connectivity index (χ1) is 16.9. The van der Waals surface area contributed by atoms with E-state index in [1.54, 1.807) is 4.68 Å². The van der Waals surface area contributed by atoms with Crippen molar-refractivity contribution in [3.8, 4) is 5.75 Å². The number of carbonyl (C=O) groups is 2. The van der Waals surface area contributed by atoms with Crippen molar-refractivity contribution in [2.75, 3.05) is 18.4 Å². The molecule has 2 aliphatic rings. The molecule has 1 saturated carbocycles. The normalized spacial score (nSPS) is 16.5. The highest BCUT2D eigenvalue weighted by atomic mass is 32.1. The molecule has 5 rings (SSSR count). The molecule has 184 valence electrons. The van der Waals surface area contributed by atoms with Crippen LogP contribution in [0.1, 0.15) is 82.9 Å². The van der Waals surface area contributed by atoms with E-state index in [0.29, 0.717) is 36.1 Å². The molecule has 1 N–H and O–H groups in total. The van der Waals surface area contributed by atoms with Gasteiger partial charge >= 0.3 is 0 Å². The van der Waals surface area contributed by atoms with Crippen molar-refractivity contribution in [3.05, 3.63) is 57.7 Å². The molecule has 0 atom stereocenters. The highest BCUT2D eigenvalue weighted by molar-refractivity contribution is 7.10. The third-order valence-electron chi connectivity index (χ3n) is 6.49. The number of nitrogens with zero attached hydrogens (tertiary/aromatic N) is 4. The number of piperidine rings is 1. The van der Waals surface area contributed by atoms with Crippen LogP contribution in [-0.2, 0) is 7.05 Å². The second-order valence-electron chi connectivity index (χ2n) is 9.63. The van der Waals surface area contributed by atoms with Crippen LogP contribution in [-0.4, -0.2) is 50.7 Å². The third-order valence-corrected chi connectivity index (χ3v) is 7.50. The van der Waals surface area contributed by atoms with Crippen LogP contribution in [0.25, 0.3) is 0 Å². The first-order valence-electron chi connectivity index (χ1n) is 12.2. The highest BCUT2D eigenvalue weighted by Gasteiger charge is 2.29. The Kier molecular flexibility index (Phi) is 6.60. The summed E-state index contributed by atoms with van der Waals surface area (Å²) in [6, 6.07) is 9.31. The zero-order valence-corrected chi connectivity index (χ0v) is 21.2. The van der Waals surface area contributed by atoms with Gasteiger partial charge in [-0.05, 0) is 63.8 Å². The summed E-state index contributed by atoms with van der Waals surface area (Å²) in [7, 11) is 1.84. The average Bonchev–Trinajstić information content (AvgIpc) is 3.47. The van der Waals surface area contributed by atoms with E-state index in [2.05, 4.69) is 15.4 Å². The number of benzene rings is 1. The fraction of sp³-hybridized carbons (Fsp3) is 0.462. The Morgan fingerprint density at radius 1 is 1.09 bits per heavy atom. The molecular formula is C26H31N5O3S. The second-order valence-corrected chi connectivity index (χ2v) is 10.5. The predicted octanol–water partition coefficient (Wildman–Crippen LogP) is 4.81. The number of thiazole rings is 1. The highest BCUT2D eigenvalue weighted by Crippen LogP contribution is 2.40. The first-order valence-corrected chi connectivity index (χ1v) is 13.1. The molecule has 2 aromatic heterocycles. The van der Waals surface area contributed by atoms with E-state index in [0.717, 1.165) is 29.3 Å². The molecule has 8 nitrogen and oxygen atoms in total. The van der Waals surface area contributed by atoms with Crippen LogP contribution in [0.5, 0.6) is 5.75 Å². The number of hydrogen-bond donors (Lipinski definition) is 1. The fourth-order valence-electron chi connectivity index (χ4n) is 4.41. The van der Waals surface area contributed by atoms with Crippen molar-refractivity contribution in [2.45, 2.75) is 57.5 Å². The van der Waals surface area contributed by atoms with E-state index in [9.17, 15) is 9.59 Å². The molecule has 1 aromatic carbocycles. The molecule has 1 aliphatic carbocycles. The van der Waals surface area contributed by atoms with E-state index >= 15 is 0 Å². The van der Waals surface area contributed by atoms with Crippen molar-refractivity contribution in [1.29, 1.82) is 0 Å². The fourth-order valence-corrected chi connectivity index (χ4v) is 5.38. The zero-order chi connectivity index (χ0) is 24.5. The van der Waals surface area contributed by atoms with Gasteiger partial charge in [0.2, 0.25) is 0 Å². The summed E-state index contributed by atoms with van der Waals surface area (Å²) in [5.74, 6) is 2.09. The maximum atomic E-state index is 12.9. The van der Waals surface area contributed by atoms with Gasteiger partial charge in [-0.2, -0.15) is 5.10 Å². The minimum absolute atomic E-state index is 0.0421. The standard InChI is InChI=1S/C26H31N5O3S/c1-16(2)34-20-8-6-19(7-9-20)26(33)31-12-10-18(11-13-31)25-27-22(15-35-25)24(32)28-23-14-21(17-4-5-17)29-30(23)3/h6-9,14-18H,4-5,10-13H2,1-3H3,(H,28,32). The molecule has 1 aliphatic heterocycles. The Bertz CT molecular complexity index is 1200. The van der Waals surface area contributed by atoms with Crippen molar-refractivity contribution in [3.63, 3.8) is 0 Å². The lowest BCUT2D eigenvalue weighted by Crippen LogP contribution is -2.37. The molecule has 9 heteroatoms. The van der Waals surface area contributed by atoms with E-state index in [1.165, 1.54) is 24.2 Å². The molecular weight excluding hydrogens is 462 g/mol. The second kappa shape index (κ2) is 9.81. The molecule has 0 unspecified atom stereocenters. The maximum Gasteiger partial charge on any atom is 0.276 e. The number of ether oxygens (including phenoxy) is 1. The van der Waals surface area contributed by atoms with E-state index in [1.807, 2.05) is 61.5 Å². The maximum absolute atomic E-state index is 12.9. The van der Waals surface area contributed by atoms with E-state index < -0.39 is 0 Å². The molecule has 35 heavy (non-hydrogen) atoms. The number of aromatic nitrogens is 3. The average molecular weight is 494 g/mol. The molecule has 0 bridgehead atoms. The van der Waals surface area contributed by atoms with Gasteiger partial charge in [-0.3, -0.25) is 14.3 Å². The van der Waals surface area contributed by atoms with Crippen LogP contribution in [0.15, 0.2) is 35.7 Å². The number of likely N-dealkylation sites (tertiary alicyclic amines) is 1. The number of rotatable bonds is 7. The quantitative estimate of drug-likeness (QED) is 0.510. The number of amides is 2. The van der Waals surface area contributed by atoms with Crippen LogP contribution in [0.4, 0.5) is 5.82 Å². The van der Waals surface area contributed by atoms with Crippen molar-refractivity contribution < 1.29 is 14.3 Å². The lowest BCUT2D eigenvalue weighted by atomic mass is 9.97. The van der Waals surface area contributed by atoms with Crippen molar-refractivity contribution in [2.24, 2.45) is 7.05 Å². The molecule has 3 heterocycles. The number of hydrogen-bond acceptors (Lipinski definition) is 6. The lowest BCUT2D eigenvalue weighted by molar-refractivity contribution is 0.0713. The Balaban J connectivity index is 1.15. The van der Waals surface area contributed by atoms with E-state index in [-0.39, 0.29) is 23.8 Å². The minimum atomic E-state index is -0.213. The summed E-state index contributed by atoms with van der Waals surface area (Å²) < 4.78 is 7.38. The minimum Gasteiger partial charge on any atom is -0.491 e. The number of nitrogens with one attached hydrogen (secondary N) is 1. The Morgan fingerprint density at radius 2 is 1.80 bits per heavy atom. The van der Waals surface area contributed by atoms with Gasteiger partial charge in [-0.25, -0.2) is 4.98 Å². The van der Waals surface area contributed by atoms with Gasteiger partial charge in [-0.1, -0.05) is 0 Å². The van der Waals surface area contributed by atoms with Gasteiger partial charge in [0.25, 0.3) is 11.8 Å². The smallest absolute Gasteiger partial charge is 0.276 e. The van der Waals surface area contributed by atoms with Gasteiger partial charge in [0, 0.05) is 49.0 Å². The van der Waals surface area contributed by atoms with Crippen LogP contribution in [0.2, 0.25) is 0 Å². The first kappa shape index (κ1) is 23.5. The number of carbonyl (C=O) groups excluding carboxylic acids is 2. The SMILES string of the molecule is CC(C)Oc1ccc(C(=O)N2CCC(c3nc(C(=O)Nc4cc(C5CC5)nn4C)cs3)CC2)cc1. The Hall–Kier alpha value is -3.20. The topological polar surface area (TPSA) is 89.3 Å². The lowest BCUT2D eigenvalue weighted by Gasteiger charge is -2.31. The van der Waals surface area contributed by atoms with Crippen LogP contribution in [0.3, 0.4) is 0 Å². The zero-order valence-electron chi connectivity index (χ0n) is 20.4. The molecule has 0 radical (unpaired) electrons. The number of aryl methyl sites for hydroxylation is 1. The Labute approximate surface area is 209 Å².